The number of hydrogen-bond acceptors (Lipinski definition) is 3. The highest BCUT2D eigenvalue weighted by Gasteiger charge is 2.46. The summed E-state index contributed by atoms with van der Waals surface area (Å²) in [4.78, 5) is 13.5. The minimum Gasteiger partial charge on any atom is -0.341 e. The van der Waals surface area contributed by atoms with Crippen LogP contribution in [0, 0.1) is 5.92 Å². The minimum absolute atomic E-state index is 0.117. The predicted octanol–water partition coefficient (Wildman–Crippen LogP) is 1.29. The number of amides is 2. The highest BCUT2D eigenvalue weighted by molar-refractivity contribution is 7.90. The number of hydrogen-bond donors (Lipinski definition) is 1. The molecular formula is C17H25N3O3S. The smallest absolute Gasteiger partial charge is 0.317 e. The Morgan fingerprint density at radius 2 is 1.92 bits per heavy atom. The Balaban J connectivity index is 1.65. The van der Waals surface area contributed by atoms with Gasteiger partial charge in [-0.05, 0) is 30.7 Å². The third-order valence-corrected chi connectivity index (χ3v) is 7.59. The molecular weight excluding hydrogens is 326 g/mol. The Bertz CT molecular complexity index is 678. The van der Waals surface area contributed by atoms with Gasteiger partial charge in [0, 0.05) is 33.2 Å². The van der Waals surface area contributed by atoms with Crippen molar-refractivity contribution < 1.29 is 13.2 Å². The number of carbonyl (C=O) groups excluding carboxylic acids is 1. The Morgan fingerprint density at radius 3 is 2.62 bits per heavy atom. The average molecular weight is 351 g/mol. The zero-order valence-electron chi connectivity index (χ0n) is 14.0. The summed E-state index contributed by atoms with van der Waals surface area (Å²) in [5, 5.41) is 2.28. The van der Waals surface area contributed by atoms with E-state index in [4.69, 9.17) is 0 Å². The number of rotatable bonds is 3. The van der Waals surface area contributed by atoms with Crippen molar-refractivity contribution >= 4 is 16.1 Å². The van der Waals surface area contributed by atoms with E-state index in [0.717, 1.165) is 18.4 Å². The van der Waals surface area contributed by atoms with Gasteiger partial charge in [-0.25, -0.2) is 17.5 Å². The van der Waals surface area contributed by atoms with Crippen LogP contribution in [0.1, 0.15) is 18.4 Å². The van der Waals surface area contributed by atoms with Crippen molar-refractivity contribution in [2.75, 3.05) is 33.2 Å². The van der Waals surface area contributed by atoms with Crippen molar-refractivity contribution in [1.82, 2.24) is 14.5 Å². The third-order valence-electron chi connectivity index (χ3n) is 5.15. The normalized spacial score (nSPS) is 26.6. The van der Waals surface area contributed by atoms with Gasteiger partial charge in [-0.2, -0.15) is 0 Å². The molecule has 2 aliphatic rings. The van der Waals surface area contributed by atoms with Crippen LogP contribution in [0.5, 0.6) is 0 Å². The molecule has 3 rings (SSSR count). The summed E-state index contributed by atoms with van der Waals surface area (Å²) in [6.45, 7) is 2.26. The maximum Gasteiger partial charge on any atom is 0.317 e. The van der Waals surface area contributed by atoms with Crippen LogP contribution in [-0.2, 0) is 16.4 Å². The van der Waals surface area contributed by atoms with Crippen LogP contribution in [0.3, 0.4) is 0 Å². The summed E-state index contributed by atoms with van der Waals surface area (Å²) in [5.41, 5.74) is 1.16. The lowest BCUT2D eigenvalue weighted by molar-refractivity contribution is 0.201. The minimum atomic E-state index is -3.26. The second-order valence-corrected chi connectivity index (χ2v) is 8.71. The Kier molecular flexibility index (Phi) is 5.10. The first-order chi connectivity index (χ1) is 11.5. The lowest BCUT2D eigenvalue weighted by Gasteiger charge is -2.21. The number of urea groups is 1. The SMILES string of the molecule is CNC(=O)N1CC[C@@H]2CN(CCc3ccccc3)S(=O)(=O)[C@@H]2CC1. The van der Waals surface area contributed by atoms with Gasteiger partial charge in [0.25, 0.3) is 0 Å². The van der Waals surface area contributed by atoms with Crippen LogP contribution in [0.2, 0.25) is 0 Å². The van der Waals surface area contributed by atoms with E-state index in [1.807, 2.05) is 30.3 Å². The van der Waals surface area contributed by atoms with Crippen molar-refractivity contribution in [2.45, 2.75) is 24.5 Å². The molecule has 0 bridgehead atoms. The molecule has 132 valence electrons. The number of benzene rings is 1. The van der Waals surface area contributed by atoms with Gasteiger partial charge < -0.3 is 10.2 Å². The zero-order valence-corrected chi connectivity index (χ0v) is 14.8. The fourth-order valence-corrected chi connectivity index (χ4v) is 6.01. The molecule has 0 aromatic heterocycles. The second kappa shape index (κ2) is 7.11. The van der Waals surface area contributed by atoms with Crippen LogP contribution in [0.25, 0.3) is 0 Å². The monoisotopic (exact) mass is 351 g/mol. The maximum atomic E-state index is 12.9. The van der Waals surface area contributed by atoms with Gasteiger partial charge in [0.1, 0.15) is 0 Å². The molecule has 0 aliphatic carbocycles. The molecule has 0 saturated carbocycles. The summed E-state index contributed by atoms with van der Waals surface area (Å²) in [6.07, 6.45) is 2.02. The van der Waals surface area contributed by atoms with Crippen LogP contribution in [-0.4, -0.2) is 62.1 Å². The molecule has 0 radical (unpaired) electrons. The molecule has 2 atom stereocenters. The van der Waals surface area contributed by atoms with Crippen LogP contribution in [0.15, 0.2) is 30.3 Å². The van der Waals surface area contributed by atoms with Gasteiger partial charge in [0.15, 0.2) is 0 Å². The van der Waals surface area contributed by atoms with Crippen molar-refractivity contribution in [3.05, 3.63) is 35.9 Å². The van der Waals surface area contributed by atoms with E-state index in [1.165, 1.54) is 0 Å². The largest absolute Gasteiger partial charge is 0.341 e. The molecule has 1 N–H and O–H groups in total. The molecule has 24 heavy (non-hydrogen) atoms. The molecule has 1 aromatic rings. The first-order valence-corrected chi connectivity index (χ1v) is 10.0. The number of fused-ring (bicyclic) bond motifs is 1. The van der Waals surface area contributed by atoms with Gasteiger partial charge in [0.05, 0.1) is 5.25 Å². The van der Waals surface area contributed by atoms with Crippen LogP contribution >= 0.6 is 0 Å². The molecule has 2 heterocycles. The quantitative estimate of drug-likeness (QED) is 0.892. The fourth-order valence-electron chi connectivity index (χ4n) is 3.77. The number of likely N-dealkylation sites (tertiary alicyclic amines) is 1. The first-order valence-electron chi connectivity index (χ1n) is 8.52. The molecule has 2 aliphatic heterocycles. The standard InChI is InChI=1S/C17H25N3O3S/c1-18-17(21)19-10-8-15-13-20(24(22,23)16(15)9-11-19)12-7-14-5-3-2-4-6-14/h2-6,15-16H,7-13H2,1H3,(H,18,21)/t15-,16-/m1/s1. The summed E-state index contributed by atoms with van der Waals surface area (Å²) >= 11 is 0. The highest BCUT2D eigenvalue weighted by Crippen LogP contribution is 2.34. The Morgan fingerprint density at radius 1 is 1.21 bits per heavy atom. The average Bonchev–Trinajstić information content (AvgIpc) is 2.74. The molecule has 1 aromatic carbocycles. The summed E-state index contributed by atoms with van der Waals surface area (Å²) in [6, 6.07) is 9.86. The highest BCUT2D eigenvalue weighted by atomic mass is 32.2. The summed E-state index contributed by atoms with van der Waals surface area (Å²) in [5.74, 6) is 0.125. The van der Waals surface area contributed by atoms with Crippen LogP contribution < -0.4 is 5.32 Å². The number of nitrogens with one attached hydrogen (secondary N) is 1. The topological polar surface area (TPSA) is 69.7 Å². The number of sulfonamides is 1. The molecule has 7 heteroatoms. The van der Waals surface area contributed by atoms with Crippen LogP contribution in [0.4, 0.5) is 4.79 Å². The van der Waals surface area contributed by atoms with Crippen molar-refractivity contribution in [3.8, 4) is 0 Å². The van der Waals surface area contributed by atoms with Gasteiger partial charge >= 0.3 is 6.03 Å². The van der Waals surface area contributed by atoms with E-state index >= 15 is 0 Å². The van der Waals surface area contributed by atoms with E-state index in [9.17, 15) is 13.2 Å². The molecule has 2 fully saturated rings. The van der Waals surface area contributed by atoms with E-state index in [1.54, 1.807) is 16.3 Å². The molecule has 2 amide bonds. The van der Waals surface area contributed by atoms with E-state index in [-0.39, 0.29) is 17.2 Å². The molecule has 2 saturated heterocycles. The summed E-state index contributed by atoms with van der Waals surface area (Å²) < 4.78 is 27.4. The van der Waals surface area contributed by atoms with Gasteiger partial charge in [0.2, 0.25) is 10.0 Å². The van der Waals surface area contributed by atoms with Crippen molar-refractivity contribution in [2.24, 2.45) is 5.92 Å². The zero-order chi connectivity index (χ0) is 17.2. The van der Waals surface area contributed by atoms with Crippen molar-refractivity contribution in [1.29, 1.82) is 0 Å². The van der Waals surface area contributed by atoms with E-state index < -0.39 is 10.0 Å². The lowest BCUT2D eigenvalue weighted by Crippen LogP contribution is -2.39. The fraction of sp³-hybridized carbons (Fsp3) is 0.588. The van der Waals surface area contributed by atoms with Gasteiger partial charge in [-0.1, -0.05) is 30.3 Å². The Labute approximate surface area is 143 Å². The number of carbonyl (C=O) groups is 1. The lowest BCUT2D eigenvalue weighted by atomic mass is 10.0. The molecule has 0 unspecified atom stereocenters. The summed E-state index contributed by atoms with van der Waals surface area (Å²) in [7, 11) is -1.66. The second-order valence-electron chi connectivity index (χ2n) is 6.56. The van der Waals surface area contributed by atoms with Gasteiger partial charge in [-0.15, -0.1) is 0 Å². The van der Waals surface area contributed by atoms with Crippen molar-refractivity contribution in [3.63, 3.8) is 0 Å². The maximum absolute atomic E-state index is 12.9. The van der Waals surface area contributed by atoms with Gasteiger partial charge in [-0.3, -0.25) is 0 Å². The number of nitrogens with zero attached hydrogens (tertiary/aromatic N) is 2. The predicted molar refractivity (Wildman–Crippen MR) is 93.2 cm³/mol. The molecule has 6 nitrogen and oxygen atoms in total. The Hall–Kier alpha value is -1.60. The third kappa shape index (κ3) is 3.42. The van der Waals surface area contributed by atoms with E-state index in [0.29, 0.717) is 32.6 Å². The molecule has 0 spiro atoms. The van der Waals surface area contributed by atoms with E-state index in [2.05, 4.69) is 5.32 Å². The first kappa shape index (κ1) is 17.2.